The molecule has 1 saturated heterocycles. The van der Waals surface area contributed by atoms with Gasteiger partial charge in [0.1, 0.15) is 6.04 Å². The van der Waals surface area contributed by atoms with Crippen molar-refractivity contribution >= 4 is 21.8 Å². The van der Waals surface area contributed by atoms with E-state index in [0.29, 0.717) is 0 Å². The Morgan fingerprint density at radius 3 is 2.41 bits per heavy atom. The highest BCUT2D eigenvalue weighted by molar-refractivity contribution is 7.89. The van der Waals surface area contributed by atoms with Gasteiger partial charge in [-0.05, 0) is 39.3 Å². The highest BCUT2D eigenvalue weighted by Crippen LogP contribution is 2.27. The van der Waals surface area contributed by atoms with Crippen LogP contribution in [-0.4, -0.2) is 36.6 Å². The molecule has 0 spiro atoms. The van der Waals surface area contributed by atoms with Gasteiger partial charge in [-0.3, -0.25) is 9.59 Å². The van der Waals surface area contributed by atoms with Crippen LogP contribution in [0.1, 0.15) is 32.3 Å². The summed E-state index contributed by atoms with van der Waals surface area (Å²) in [6, 6.07) is 5.14. The van der Waals surface area contributed by atoms with Gasteiger partial charge in [-0.2, -0.15) is 0 Å². The summed E-state index contributed by atoms with van der Waals surface area (Å²) >= 11 is 0. The lowest BCUT2D eigenvalue weighted by Crippen LogP contribution is -2.48. The molecule has 0 radical (unpaired) electrons. The van der Waals surface area contributed by atoms with Crippen molar-refractivity contribution in [3.63, 3.8) is 0 Å². The molecule has 1 aliphatic rings. The minimum Gasteiger partial charge on any atom is -0.352 e. The lowest BCUT2D eigenvalue weighted by atomic mass is 10.2. The van der Waals surface area contributed by atoms with Crippen molar-refractivity contribution in [2.24, 2.45) is 0 Å². The molecule has 1 atom stereocenters. The summed E-state index contributed by atoms with van der Waals surface area (Å²) in [5, 5.41) is 2.67. The average Bonchev–Trinajstić information content (AvgIpc) is 2.81. The third-order valence-corrected chi connectivity index (χ3v) is 5.32. The summed E-state index contributed by atoms with van der Waals surface area (Å²) in [6.07, 6.45) is 0.268. The molecule has 1 N–H and O–H groups in total. The first-order chi connectivity index (χ1) is 10.2. The van der Waals surface area contributed by atoms with E-state index in [9.17, 15) is 18.0 Å². The molecule has 7 heteroatoms. The number of nitrogens with one attached hydrogen (secondary N) is 1. The van der Waals surface area contributed by atoms with Crippen molar-refractivity contribution in [2.45, 2.75) is 50.6 Å². The van der Waals surface area contributed by atoms with Crippen LogP contribution in [0.5, 0.6) is 0 Å². The fourth-order valence-corrected chi connectivity index (χ4v) is 4.01. The number of sulfonamides is 1. The quantitative estimate of drug-likeness (QED) is 0.902. The van der Waals surface area contributed by atoms with Crippen LogP contribution in [0.3, 0.4) is 0 Å². The maximum absolute atomic E-state index is 12.7. The first-order valence-corrected chi connectivity index (χ1v) is 8.62. The van der Waals surface area contributed by atoms with Crippen molar-refractivity contribution in [2.75, 3.05) is 0 Å². The molecule has 120 valence electrons. The van der Waals surface area contributed by atoms with Crippen LogP contribution in [0.15, 0.2) is 29.2 Å². The Hall–Kier alpha value is -1.89. The number of aryl methyl sites for hydroxylation is 1. The molecule has 1 aromatic rings. The summed E-state index contributed by atoms with van der Waals surface area (Å²) in [5.74, 6) is -0.971. The van der Waals surface area contributed by atoms with Crippen LogP contribution in [0.4, 0.5) is 0 Å². The number of rotatable bonds is 4. The highest BCUT2D eigenvalue weighted by Gasteiger charge is 2.44. The fraction of sp³-hybridized carbons (Fsp3) is 0.467. The predicted octanol–water partition coefficient (Wildman–Crippen LogP) is 1.20. The Kier molecular flexibility index (Phi) is 4.55. The predicted molar refractivity (Wildman–Crippen MR) is 81.5 cm³/mol. The van der Waals surface area contributed by atoms with Crippen molar-refractivity contribution < 1.29 is 18.0 Å². The summed E-state index contributed by atoms with van der Waals surface area (Å²) < 4.78 is 26.1. The number of carbonyl (C=O) groups excluding carboxylic acids is 2. The van der Waals surface area contributed by atoms with Crippen molar-refractivity contribution in [1.82, 2.24) is 9.62 Å². The van der Waals surface area contributed by atoms with Crippen LogP contribution >= 0.6 is 0 Å². The number of hydrogen-bond acceptors (Lipinski definition) is 4. The van der Waals surface area contributed by atoms with Crippen LogP contribution in [-0.2, 0) is 19.6 Å². The second-order valence-electron chi connectivity index (χ2n) is 5.73. The van der Waals surface area contributed by atoms with Gasteiger partial charge in [-0.15, -0.1) is 0 Å². The average molecular weight is 324 g/mol. The van der Waals surface area contributed by atoms with E-state index in [1.165, 1.54) is 12.1 Å². The minimum atomic E-state index is -4.01. The normalized spacial score (nSPS) is 18.8. The largest absolute Gasteiger partial charge is 0.352 e. The molecule has 0 saturated carbocycles. The maximum atomic E-state index is 12.7. The third-order valence-electron chi connectivity index (χ3n) is 3.47. The maximum Gasteiger partial charge on any atom is 0.267 e. The van der Waals surface area contributed by atoms with Gasteiger partial charge >= 0.3 is 0 Å². The van der Waals surface area contributed by atoms with Gasteiger partial charge in [0.05, 0.1) is 4.90 Å². The lowest BCUT2D eigenvalue weighted by molar-refractivity contribution is -0.130. The second kappa shape index (κ2) is 6.08. The second-order valence-corrected chi connectivity index (χ2v) is 7.54. The van der Waals surface area contributed by atoms with Crippen LogP contribution in [0.2, 0.25) is 0 Å². The Balaban J connectivity index is 2.36. The van der Waals surface area contributed by atoms with Gasteiger partial charge in [-0.25, -0.2) is 12.7 Å². The molecule has 0 bridgehead atoms. The van der Waals surface area contributed by atoms with Gasteiger partial charge in [0.15, 0.2) is 0 Å². The molecular weight excluding hydrogens is 304 g/mol. The summed E-state index contributed by atoms with van der Waals surface area (Å²) in [5.41, 5.74) is 0.917. The standard InChI is InChI=1S/C15H20N2O4S/c1-10(2)16-15(19)13-8-9-14(18)17(13)22(20,21)12-6-4-11(3)5-7-12/h4-7,10,13H,8-9H2,1-3H3,(H,16,19)/t13-/m0/s1. The van der Waals surface area contributed by atoms with Crippen molar-refractivity contribution in [3.8, 4) is 0 Å². The van der Waals surface area contributed by atoms with Gasteiger partial charge in [-0.1, -0.05) is 17.7 Å². The third kappa shape index (κ3) is 3.14. The number of amides is 2. The molecule has 0 aromatic heterocycles. The molecule has 6 nitrogen and oxygen atoms in total. The van der Waals surface area contributed by atoms with E-state index in [1.54, 1.807) is 26.0 Å². The highest BCUT2D eigenvalue weighted by atomic mass is 32.2. The molecular formula is C15H20N2O4S. The van der Waals surface area contributed by atoms with E-state index in [-0.39, 0.29) is 23.8 Å². The molecule has 2 rings (SSSR count). The molecule has 22 heavy (non-hydrogen) atoms. The Morgan fingerprint density at radius 1 is 1.27 bits per heavy atom. The van der Waals surface area contributed by atoms with E-state index in [2.05, 4.69) is 5.32 Å². The van der Waals surface area contributed by atoms with E-state index in [1.807, 2.05) is 6.92 Å². The van der Waals surface area contributed by atoms with E-state index < -0.39 is 27.9 Å². The fourth-order valence-electron chi connectivity index (χ4n) is 2.41. The Labute approximate surface area is 130 Å². The van der Waals surface area contributed by atoms with Crippen LogP contribution < -0.4 is 5.32 Å². The molecule has 0 aliphatic carbocycles. The number of carbonyl (C=O) groups is 2. The summed E-state index contributed by atoms with van der Waals surface area (Å²) in [6.45, 7) is 5.41. The Bertz CT molecular complexity index is 680. The zero-order valence-corrected chi connectivity index (χ0v) is 13.7. The van der Waals surface area contributed by atoms with Gasteiger partial charge in [0, 0.05) is 12.5 Å². The van der Waals surface area contributed by atoms with Crippen LogP contribution in [0.25, 0.3) is 0 Å². The summed E-state index contributed by atoms with van der Waals surface area (Å²) in [7, 11) is -4.01. The number of hydrogen-bond donors (Lipinski definition) is 1. The Morgan fingerprint density at radius 2 is 1.86 bits per heavy atom. The molecule has 2 amide bonds. The first-order valence-electron chi connectivity index (χ1n) is 7.18. The SMILES string of the molecule is Cc1ccc(S(=O)(=O)N2C(=O)CC[C@H]2C(=O)NC(C)C)cc1. The van der Waals surface area contributed by atoms with E-state index in [0.717, 1.165) is 9.87 Å². The van der Waals surface area contributed by atoms with Crippen molar-refractivity contribution in [1.29, 1.82) is 0 Å². The number of benzene rings is 1. The lowest BCUT2D eigenvalue weighted by Gasteiger charge is -2.24. The molecule has 1 aliphatic heterocycles. The zero-order valence-electron chi connectivity index (χ0n) is 12.9. The topological polar surface area (TPSA) is 83.6 Å². The van der Waals surface area contributed by atoms with Gasteiger partial charge in [0.2, 0.25) is 11.8 Å². The van der Waals surface area contributed by atoms with Crippen LogP contribution in [0, 0.1) is 6.92 Å². The minimum absolute atomic E-state index is 0.0238. The molecule has 0 unspecified atom stereocenters. The smallest absolute Gasteiger partial charge is 0.267 e. The van der Waals surface area contributed by atoms with Gasteiger partial charge in [0.25, 0.3) is 10.0 Å². The molecule has 1 heterocycles. The number of nitrogens with zero attached hydrogens (tertiary/aromatic N) is 1. The summed E-state index contributed by atoms with van der Waals surface area (Å²) in [4.78, 5) is 24.2. The zero-order chi connectivity index (χ0) is 16.5. The van der Waals surface area contributed by atoms with Gasteiger partial charge < -0.3 is 5.32 Å². The van der Waals surface area contributed by atoms with E-state index >= 15 is 0 Å². The van der Waals surface area contributed by atoms with E-state index in [4.69, 9.17) is 0 Å². The van der Waals surface area contributed by atoms with Crippen molar-refractivity contribution in [3.05, 3.63) is 29.8 Å². The molecule has 1 aromatic carbocycles. The first kappa shape index (κ1) is 16.5. The molecule has 1 fully saturated rings. The monoisotopic (exact) mass is 324 g/mol.